The van der Waals surface area contributed by atoms with Crippen molar-refractivity contribution in [3.8, 4) is 0 Å². The molecular weight excluding hydrogens is 288 g/mol. The van der Waals surface area contributed by atoms with Crippen LogP contribution >= 0.6 is 23.4 Å². The molecule has 0 bridgehead atoms. The number of carbonyl (C=O) groups is 2. The van der Waals surface area contributed by atoms with Gasteiger partial charge in [-0.3, -0.25) is 4.79 Å². The maximum atomic E-state index is 12.5. The first-order valence-electron chi connectivity index (χ1n) is 5.94. The molecule has 2 rings (SSSR count). The van der Waals surface area contributed by atoms with Crippen molar-refractivity contribution in [1.29, 1.82) is 0 Å². The second-order valence-electron chi connectivity index (χ2n) is 4.42. The number of nitrogens with zero attached hydrogens (tertiary/aromatic N) is 2. The minimum atomic E-state index is -0.961. The Labute approximate surface area is 120 Å². The Morgan fingerprint density at radius 1 is 1.58 bits per heavy atom. The number of hydrogen-bond donors (Lipinski definition) is 1. The van der Waals surface area contributed by atoms with Crippen LogP contribution in [0.4, 0.5) is 0 Å². The van der Waals surface area contributed by atoms with Crippen molar-refractivity contribution >= 4 is 35.2 Å². The summed E-state index contributed by atoms with van der Waals surface area (Å²) in [6.45, 7) is 1.94. The van der Waals surface area contributed by atoms with E-state index >= 15 is 0 Å². The number of carbonyl (C=O) groups excluding carboxylic acids is 1. The summed E-state index contributed by atoms with van der Waals surface area (Å²) >= 11 is 7.38. The molecule has 0 aromatic carbocycles. The molecule has 0 spiro atoms. The number of rotatable bonds is 3. The third kappa shape index (κ3) is 2.60. The van der Waals surface area contributed by atoms with E-state index < -0.39 is 12.0 Å². The first-order valence-corrected chi connectivity index (χ1v) is 7.37. The SMILES string of the molecule is CCC1SCC(C(=O)O)N1C(=O)c1cc(Cl)cn1C. The van der Waals surface area contributed by atoms with Crippen LogP contribution in [0, 0.1) is 0 Å². The second kappa shape index (κ2) is 5.46. The Morgan fingerprint density at radius 2 is 2.26 bits per heavy atom. The smallest absolute Gasteiger partial charge is 0.327 e. The van der Waals surface area contributed by atoms with Crippen LogP contribution in [0.3, 0.4) is 0 Å². The van der Waals surface area contributed by atoms with E-state index in [2.05, 4.69) is 0 Å². The minimum Gasteiger partial charge on any atom is -0.480 e. The van der Waals surface area contributed by atoms with Crippen molar-refractivity contribution in [1.82, 2.24) is 9.47 Å². The maximum Gasteiger partial charge on any atom is 0.327 e. The number of halogens is 1. The molecule has 0 radical (unpaired) electrons. The molecule has 1 aliphatic rings. The summed E-state index contributed by atoms with van der Waals surface area (Å²) in [7, 11) is 1.72. The number of carboxylic acids is 1. The fourth-order valence-corrected chi connectivity index (χ4v) is 3.81. The predicted octanol–water partition coefficient (Wildman–Crippen LogP) is 2.06. The molecule has 1 aromatic heterocycles. The van der Waals surface area contributed by atoms with Crippen LogP contribution in [0.15, 0.2) is 12.3 Å². The zero-order chi connectivity index (χ0) is 14.2. The van der Waals surface area contributed by atoms with Crippen molar-refractivity contribution in [2.75, 3.05) is 5.75 Å². The third-order valence-electron chi connectivity index (χ3n) is 3.15. The fourth-order valence-electron chi connectivity index (χ4n) is 2.21. The minimum absolute atomic E-state index is 0.0951. The molecule has 104 valence electrons. The number of aryl methyl sites for hydroxylation is 1. The van der Waals surface area contributed by atoms with Crippen molar-refractivity contribution in [2.24, 2.45) is 7.05 Å². The summed E-state index contributed by atoms with van der Waals surface area (Å²) in [6, 6.07) is 0.800. The van der Waals surface area contributed by atoms with Gasteiger partial charge in [0, 0.05) is 19.0 Å². The molecule has 1 saturated heterocycles. The average Bonchev–Trinajstić information content (AvgIpc) is 2.91. The highest BCUT2D eigenvalue weighted by Crippen LogP contribution is 2.33. The highest BCUT2D eigenvalue weighted by molar-refractivity contribution is 8.00. The predicted molar refractivity (Wildman–Crippen MR) is 74.6 cm³/mol. The zero-order valence-electron chi connectivity index (χ0n) is 10.7. The van der Waals surface area contributed by atoms with Crippen molar-refractivity contribution in [2.45, 2.75) is 24.8 Å². The highest BCUT2D eigenvalue weighted by Gasteiger charge is 2.41. The molecule has 1 aliphatic heterocycles. The lowest BCUT2D eigenvalue weighted by molar-refractivity contribution is -0.141. The second-order valence-corrected chi connectivity index (χ2v) is 6.06. The number of aromatic nitrogens is 1. The first-order chi connectivity index (χ1) is 8.95. The summed E-state index contributed by atoms with van der Waals surface area (Å²) in [5.74, 6) is -0.812. The lowest BCUT2D eigenvalue weighted by atomic mass is 10.2. The lowest BCUT2D eigenvalue weighted by Gasteiger charge is -2.26. The van der Waals surface area contributed by atoms with Gasteiger partial charge in [0.15, 0.2) is 0 Å². The van der Waals surface area contributed by atoms with Crippen LogP contribution in [-0.4, -0.2) is 43.6 Å². The van der Waals surface area contributed by atoms with Crippen LogP contribution in [0.25, 0.3) is 0 Å². The Hall–Kier alpha value is -1.14. The van der Waals surface area contributed by atoms with Gasteiger partial charge in [0.1, 0.15) is 11.7 Å². The van der Waals surface area contributed by atoms with Crippen molar-refractivity contribution in [3.63, 3.8) is 0 Å². The van der Waals surface area contributed by atoms with Gasteiger partial charge < -0.3 is 14.6 Å². The van der Waals surface area contributed by atoms with E-state index in [9.17, 15) is 14.7 Å². The number of amides is 1. The Balaban J connectivity index is 2.33. The quantitative estimate of drug-likeness (QED) is 0.928. The normalized spacial score (nSPS) is 22.8. The largest absolute Gasteiger partial charge is 0.480 e. The summed E-state index contributed by atoms with van der Waals surface area (Å²) in [4.78, 5) is 25.3. The van der Waals surface area contributed by atoms with Crippen molar-refractivity contribution in [3.05, 3.63) is 23.0 Å². The van der Waals surface area contributed by atoms with Gasteiger partial charge in [0.05, 0.1) is 10.4 Å². The van der Waals surface area contributed by atoms with Crippen molar-refractivity contribution < 1.29 is 14.7 Å². The van der Waals surface area contributed by atoms with Gasteiger partial charge in [-0.2, -0.15) is 0 Å². The molecule has 19 heavy (non-hydrogen) atoms. The van der Waals surface area contributed by atoms with Gasteiger partial charge in [-0.1, -0.05) is 18.5 Å². The summed E-state index contributed by atoms with van der Waals surface area (Å²) < 4.78 is 1.62. The fraction of sp³-hybridized carbons (Fsp3) is 0.500. The summed E-state index contributed by atoms with van der Waals surface area (Å²) in [5, 5.41) is 9.60. The van der Waals surface area contributed by atoms with E-state index in [1.54, 1.807) is 23.9 Å². The zero-order valence-corrected chi connectivity index (χ0v) is 12.2. The maximum absolute atomic E-state index is 12.5. The average molecular weight is 303 g/mol. The number of hydrogen-bond acceptors (Lipinski definition) is 3. The monoisotopic (exact) mass is 302 g/mol. The van der Waals surface area contributed by atoms with E-state index in [1.165, 1.54) is 16.7 Å². The van der Waals surface area contributed by atoms with Crippen LogP contribution in [0.1, 0.15) is 23.8 Å². The van der Waals surface area contributed by atoms with E-state index in [-0.39, 0.29) is 11.3 Å². The molecule has 0 aliphatic carbocycles. The van der Waals surface area contributed by atoms with E-state index in [1.807, 2.05) is 6.92 Å². The number of thioether (sulfide) groups is 1. The molecule has 1 fully saturated rings. The summed E-state index contributed by atoms with van der Waals surface area (Å²) in [6.07, 6.45) is 2.35. The molecule has 1 N–H and O–H groups in total. The van der Waals surface area contributed by atoms with E-state index in [0.717, 1.165) is 6.42 Å². The number of aliphatic carboxylic acids is 1. The Morgan fingerprint density at radius 3 is 2.74 bits per heavy atom. The molecule has 2 atom stereocenters. The standard InChI is InChI=1S/C12H15ClN2O3S/c1-3-10-15(9(6-19-10)12(17)18)11(16)8-4-7(13)5-14(8)2/h4-5,9-10H,3,6H2,1-2H3,(H,17,18). The molecule has 2 heterocycles. The molecule has 7 heteroatoms. The Kier molecular flexibility index (Phi) is 4.10. The van der Waals surface area contributed by atoms with Gasteiger partial charge in [-0.05, 0) is 12.5 Å². The topological polar surface area (TPSA) is 62.5 Å². The Bertz CT molecular complexity index is 517. The van der Waals surface area contributed by atoms with Crippen LogP contribution < -0.4 is 0 Å². The molecule has 0 saturated carbocycles. The van der Waals surface area contributed by atoms with Gasteiger partial charge in [-0.25, -0.2) is 4.79 Å². The summed E-state index contributed by atoms with van der Waals surface area (Å²) in [5.41, 5.74) is 0.414. The number of carboxylic acid groups (broad SMARTS) is 1. The highest BCUT2D eigenvalue weighted by atomic mass is 35.5. The molecule has 1 aromatic rings. The lowest BCUT2D eigenvalue weighted by Crippen LogP contribution is -2.45. The molecule has 2 unspecified atom stereocenters. The van der Waals surface area contributed by atoms with E-state index in [4.69, 9.17) is 11.6 Å². The molecule has 5 nitrogen and oxygen atoms in total. The van der Waals surface area contributed by atoms with Gasteiger partial charge in [0.25, 0.3) is 5.91 Å². The van der Waals surface area contributed by atoms with Crippen LogP contribution in [0.2, 0.25) is 5.02 Å². The van der Waals surface area contributed by atoms with Crippen LogP contribution in [-0.2, 0) is 11.8 Å². The molecule has 1 amide bonds. The van der Waals surface area contributed by atoms with Gasteiger partial charge >= 0.3 is 5.97 Å². The van der Waals surface area contributed by atoms with E-state index in [0.29, 0.717) is 16.5 Å². The van der Waals surface area contributed by atoms with Gasteiger partial charge in [0.2, 0.25) is 0 Å². The van der Waals surface area contributed by atoms with Gasteiger partial charge in [-0.15, -0.1) is 11.8 Å². The van der Waals surface area contributed by atoms with Crippen LogP contribution in [0.5, 0.6) is 0 Å². The third-order valence-corrected chi connectivity index (χ3v) is 4.81. The molecular formula is C12H15ClN2O3S. The first kappa shape index (κ1) is 14.3.